The molecule has 0 aliphatic heterocycles. The Morgan fingerprint density at radius 1 is 1.17 bits per heavy atom. The van der Waals surface area contributed by atoms with E-state index in [-0.39, 0.29) is 0 Å². The lowest BCUT2D eigenvalue weighted by Gasteiger charge is -2.20. The fraction of sp³-hybridized carbons (Fsp3) is 0.438. The molecule has 2 rings (SSSR count). The average Bonchev–Trinajstić information content (AvgIpc) is 2.40. The Labute approximate surface area is 108 Å². The van der Waals surface area contributed by atoms with Crippen LogP contribution in [0.3, 0.4) is 0 Å². The molecule has 0 saturated carbocycles. The Hall–Kier alpha value is -1.57. The Balaban J connectivity index is 2.25. The first-order chi connectivity index (χ1) is 8.51. The number of hydrogen-bond donors (Lipinski definition) is 1. The van der Waals surface area contributed by atoms with Gasteiger partial charge in [0.15, 0.2) is 0 Å². The number of carboxylic acids is 1. The minimum absolute atomic E-state index is 0.785. The van der Waals surface area contributed by atoms with Crippen LogP contribution in [0.25, 0.3) is 5.57 Å². The minimum Gasteiger partial charge on any atom is -0.481 e. The first kappa shape index (κ1) is 12.9. The van der Waals surface area contributed by atoms with Crippen LogP contribution in [0.4, 0.5) is 0 Å². The van der Waals surface area contributed by atoms with Crippen LogP contribution in [0.15, 0.2) is 30.3 Å². The molecule has 0 radical (unpaired) electrons. The molecule has 1 aromatic rings. The molecule has 0 fully saturated rings. The van der Waals surface area contributed by atoms with Crippen LogP contribution in [0.2, 0.25) is 0 Å². The third-order valence-corrected chi connectivity index (χ3v) is 3.80. The quantitative estimate of drug-likeness (QED) is 0.872. The Kier molecular flexibility index (Phi) is 3.55. The van der Waals surface area contributed by atoms with E-state index in [1.807, 2.05) is 12.1 Å². The lowest BCUT2D eigenvalue weighted by atomic mass is 9.83. The average molecular weight is 244 g/mol. The van der Waals surface area contributed by atoms with Gasteiger partial charge < -0.3 is 5.11 Å². The molecule has 2 heteroatoms. The molecule has 18 heavy (non-hydrogen) atoms. The monoisotopic (exact) mass is 244 g/mol. The summed E-state index contributed by atoms with van der Waals surface area (Å²) in [5.74, 6) is -0.785. The summed E-state index contributed by atoms with van der Waals surface area (Å²) >= 11 is 0. The molecule has 0 aromatic heterocycles. The first-order valence-corrected chi connectivity index (χ1v) is 6.55. The number of hydrogen-bond acceptors (Lipinski definition) is 1. The topological polar surface area (TPSA) is 37.3 Å². The van der Waals surface area contributed by atoms with Gasteiger partial charge in [0, 0.05) is 0 Å². The number of benzene rings is 1. The molecule has 1 aliphatic carbocycles. The smallest absolute Gasteiger partial charge is 0.313 e. The number of carbonyl (C=O) groups is 1. The van der Waals surface area contributed by atoms with Crippen LogP contribution < -0.4 is 0 Å². The highest BCUT2D eigenvalue weighted by Gasteiger charge is 2.29. The number of aliphatic carboxylic acids is 1. The standard InChI is InChI=1S/C16H20O2/c1-16(2,15(17)18)14-10-8-13(9-11-14)12-6-4-3-5-7-12/h6,8-11H,3-5,7H2,1-2H3,(H,17,18). The molecule has 0 unspecified atom stereocenters. The van der Waals surface area contributed by atoms with Crippen molar-refractivity contribution in [3.8, 4) is 0 Å². The van der Waals surface area contributed by atoms with Crippen molar-refractivity contribution in [1.29, 1.82) is 0 Å². The second-order valence-electron chi connectivity index (χ2n) is 5.48. The second kappa shape index (κ2) is 4.97. The molecule has 0 heterocycles. The van der Waals surface area contributed by atoms with Gasteiger partial charge in [0.25, 0.3) is 0 Å². The lowest BCUT2D eigenvalue weighted by Crippen LogP contribution is -2.28. The van der Waals surface area contributed by atoms with Gasteiger partial charge in [-0.2, -0.15) is 0 Å². The van der Waals surface area contributed by atoms with Gasteiger partial charge >= 0.3 is 5.97 Å². The van der Waals surface area contributed by atoms with E-state index in [9.17, 15) is 9.90 Å². The van der Waals surface area contributed by atoms with Crippen molar-refractivity contribution >= 4 is 11.5 Å². The second-order valence-corrected chi connectivity index (χ2v) is 5.48. The van der Waals surface area contributed by atoms with Gasteiger partial charge in [-0.15, -0.1) is 0 Å². The highest BCUT2D eigenvalue weighted by molar-refractivity contribution is 5.80. The molecule has 1 aliphatic rings. The summed E-state index contributed by atoms with van der Waals surface area (Å²) in [5.41, 5.74) is 2.68. The fourth-order valence-electron chi connectivity index (χ4n) is 2.32. The third-order valence-electron chi connectivity index (χ3n) is 3.80. The molecule has 0 bridgehead atoms. The first-order valence-electron chi connectivity index (χ1n) is 6.55. The number of allylic oxidation sites excluding steroid dienone is 2. The lowest BCUT2D eigenvalue weighted by molar-refractivity contribution is -0.142. The highest BCUT2D eigenvalue weighted by atomic mass is 16.4. The predicted molar refractivity (Wildman–Crippen MR) is 73.5 cm³/mol. The zero-order valence-electron chi connectivity index (χ0n) is 11.1. The summed E-state index contributed by atoms with van der Waals surface area (Å²) in [6.45, 7) is 3.48. The molecule has 1 N–H and O–H groups in total. The van der Waals surface area contributed by atoms with Crippen molar-refractivity contribution in [1.82, 2.24) is 0 Å². The van der Waals surface area contributed by atoms with Gasteiger partial charge in [0.2, 0.25) is 0 Å². The maximum atomic E-state index is 11.2. The Bertz CT molecular complexity index is 466. The maximum Gasteiger partial charge on any atom is 0.313 e. The summed E-state index contributed by atoms with van der Waals surface area (Å²) < 4.78 is 0. The van der Waals surface area contributed by atoms with E-state index in [2.05, 4.69) is 18.2 Å². The van der Waals surface area contributed by atoms with Crippen LogP contribution in [0, 0.1) is 0 Å². The maximum absolute atomic E-state index is 11.2. The summed E-state index contributed by atoms with van der Waals surface area (Å²) in [6, 6.07) is 7.99. The molecular weight excluding hydrogens is 224 g/mol. The molecule has 0 amide bonds. The number of carboxylic acid groups (broad SMARTS) is 1. The number of rotatable bonds is 3. The van der Waals surface area contributed by atoms with Gasteiger partial charge in [-0.1, -0.05) is 30.3 Å². The van der Waals surface area contributed by atoms with Crippen LogP contribution >= 0.6 is 0 Å². The van der Waals surface area contributed by atoms with Gasteiger partial charge in [0.05, 0.1) is 5.41 Å². The van der Waals surface area contributed by atoms with E-state index in [0.29, 0.717) is 0 Å². The molecule has 0 saturated heterocycles. The van der Waals surface area contributed by atoms with Crippen molar-refractivity contribution in [2.45, 2.75) is 44.9 Å². The summed E-state index contributed by atoms with van der Waals surface area (Å²) in [6.07, 6.45) is 7.15. The molecule has 96 valence electrons. The van der Waals surface area contributed by atoms with Gasteiger partial charge in [-0.3, -0.25) is 4.79 Å². The normalized spacial score (nSPS) is 16.2. The fourth-order valence-corrected chi connectivity index (χ4v) is 2.32. The predicted octanol–water partition coefficient (Wildman–Crippen LogP) is 4.01. The zero-order valence-corrected chi connectivity index (χ0v) is 11.1. The third kappa shape index (κ3) is 2.47. The van der Waals surface area contributed by atoms with E-state index in [4.69, 9.17) is 0 Å². The van der Waals surface area contributed by atoms with Crippen molar-refractivity contribution in [2.24, 2.45) is 0 Å². The highest BCUT2D eigenvalue weighted by Crippen LogP contribution is 2.29. The molecule has 2 nitrogen and oxygen atoms in total. The Morgan fingerprint density at radius 2 is 1.83 bits per heavy atom. The summed E-state index contributed by atoms with van der Waals surface area (Å²) in [5, 5.41) is 9.20. The Morgan fingerprint density at radius 3 is 2.33 bits per heavy atom. The molecule has 1 aromatic carbocycles. The van der Waals surface area contributed by atoms with Crippen LogP contribution in [0.5, 0.6) is 0 Å². The molecular formula is C16H20O2. The van der Waals surface area contributed by atoms with Crippen molar-refractivity contribution < 1.29 is 9.90 Å². The molecule has 0 atom stereocenters. The zero-order chi connectivity index (χ0) is 13.2. The van der Waals surface area contributed by atoms with Crippen LogP contribution in [-0.2, 0) is 10.2 Å². The molecule has 0 spiro atoms. The van der Waals surface area contributed by atoms with E-state index >= 15 is 0 Å². The SMILES string of the molecule is CC(C)(C(=O)O)c1ccc(C2=CCCCC2)cc1. The van der Waals surface area contributed by atoms with Gasteiger partial charge in [0.1, 0.15) is 0 Å². The summed E-state index contributed by atoms with van der Waals surface area (Å²) in [7, 11) is 0. The van der Waals surface area contributed by atoms with E-state index in [1.54, 1.807) is 13.8 Å². The van der Waals surface area contributed by atoms with Gasteiger partial charge in [-0.05, 0) is 56.2 Å². The van der Waals surface area contributed by atoms with Crippen LogP contribution in [0.1, 0.15) is 50.7 Å². The van der Waals surface area contributed by atoms with E-state index < -0.39 is 11.4 Å². The van der Waals surface area contributed by atoms with E-state index in [1.165, 1.54) is 24.0 Å². The minimum atomic E-state index is -0.820. The van der Waals surface area contributed by atoms with Crippen molar-refractivity contribution in [3.63, 3.8) is 0 Å². The van der Waals surface area contributed by atoms with Crippen molar-refractivity contribution in [3.05, 3.63) is 41.5 Å². The van der Waals surface area contributed by atoms with E-state index in [0.717, 1.165) is 18.4 Å². The largest absolute Gasteiger partial charge is 0.481 e. The van der Waals surface area contributed by atoms with Gasteiger partial charge in [-0.25, -0.2) is 0 Å². The summed E-state index contributed by atoms with van der Waals surface area (Å²) in [4.78, 5) is 11.2. The van der Waals surface area contributed by atoms with Crippen molar-refractivity contribution in [2.75, 3.05) is 0 Å². The van der Waals surface area contributed by atoms with Crippen LogP contribution in [-0.4, -0.2) is 11.1 Å².